The topological polar surface area (TPSA) is 58.6 Å². The van der Waals surface area contributed by atoms with Crippen LogP contribution in [0.4, 0.5) is 17.6 Å². The minimum atomic E-state index is -1.21. The molecule has 2 atom stereocenters. The van der Waals surface area contributed by atoms with Gasteiger partial charge in [-0.15, -0.1) is 0 Å². The van der Waals surface area contributed by atoms with E-state index in [1.54, 1.807) is 11.9 Å². The number of benzene rings is 2. The first-order valence-corrected chi connectivity index (χ1v) is 9.82. The van der Waals surface area contributed by atoms with Crippen molar-refractivity contribution in [1.82, 2.24) is 10.2 Å². The molecule has 0 radical (unpaired) electrons. The molecule has 166 valence electrons. The van der Waals surface area contributed by atoms with E-state index in [2.05, 4.69) is 5.32 Å². The fourth-order valence-corrected chi connectivity index (χ4v) is 3.59. The highest BCUT2D eigenvalue weighted by Gasteiger charge is 2.33. The Kier molecular flexibility index (Phi) is 7.08. The Morgan fingerprint density at radius 3 is 2.19 bits per heavy atom. The summed E-state index contributed by atoms with van der Waals surface area (Å²) in [6.45, 7) is 0.369. The van der Waals surface area contributed by atoms with E-state index in [9.17, 15) is 27.2 Å². The van der Waals surface area contributed by atoms with E-state index in [1.165, 1.54) is 0 Å². The van der Waals surface area contributed by atoms with Crippen LogP contribution in [-0.2, 0) is 4.74 Å². The normalized spacial score (nSPS) is 18.8. The van der Waals surface area contributed by atoms with Gasteiger partial charge in [0, 0.05) is 25.6 Å². The summed E-state index contributed by atoms with van der Waals surface area (Å²) in [5.74, 6) is -6.12. The molecule has 5 nitrogen and oxygen atoms in total. The molecule has 1 aliphatic heterocycles. The molecule has 1 amide bonds. The quantitative estimate of drug-likeness (QED) is 0.397. The summed E-state index contributed by atoms with van der Waals surface area (Å²) in [6, 6.07) is 3.40. The lowest BCUT2D eigenvalue weighted by atomic mass is 10.1. The number of carbonyl (C=O) groups is 2. The summed E-state index contributed by atoms with van der Waals surface area (Å²) in [6.07, 6.45) is -0.328. The van der Waals surface area contributed by atoms with Gasteiger partial charge >= 0.3 is 5.97 Å². The van der Waals surface area contributed by atoms with Gasteiger partial charge in [-0.1, -0.05) is 23.2 Å². The Labute approximate surface area is 184 Å². The molecule has 0 saturated carbocycles. The number of rotatable bonds is 5. The second-order valence-electron chi connectivity index (χ2n) is 7.01. The molecule has 1 aliphatic rings. The second-order valence-corrected chi connectivity index (χ2v) is 7.77. The fourth-order valence-electron chi connectivity index (χ4n) is 3.26. The molecular weight excluding hydrogens is 463 g/mol. The molecule has 0 unspecified atom stereocenters. The van der Waals surface area contributed by atoms with Crippen LogP contribution in [0.25, 0.3) is 0 Å². The highest BCUT2D eigenvalue weighted by molar-refractivity contribution is 6.31. The number of nitrogens with one attached hydrogen (secondary N) is 1. The maximum atomic E-state index is 14.0. The lowest BCUT2D eigenvalue weighted by molar-refractivity contribution is 0.0320. The molecule has 3 rings (SSSR count). The van der Waals surface area contributed by atoms with E-state index in [1.807, 2.05) is 0 Å². The summed E-state index contributed by atoms with van der Waals surface area (Å²) >= 11 is 11.0. The smallest absolute Gasteiger partial charge is 0.341 e. The number of esters is 1. The number of ether oxygens (including phenoxy) is 1. The van der Waals surface area contributed by atoms with Crippen LogP contribution in [0.1, 0.15) is 27.1 Å². The zero-order valence-electron chi connectivity index (χ0n) is 16.0. The zero-order valence-corrected chi connectivity index (χ0v) is 17.5. The van der Waals surface area contributed by atoms with Gasteiger partial charge in [0.1, 0.15) is 27.8 Å². The van der Waals surface area contributed by atoms with Crippen molar-refractivity contribution in [3.05, 3.63) is 68.7 Å². The summed E-state index contributed by atoms with van der Waals surface area (Å²) in [5, 5.41) is 0.954. The third-order valence-electron chi connectivity index (χ3n) is 4.96. The Bertz CT molecular complexity index is 1040. The summed E-state index contributed by atoms with van der Waals surface area (Å²) in [5.41, 5.74) is -0.895. The van der Waals surface area contributed by atoms with Crippen LogP contribution in [0.5, 0.6) is 0 Å². The van der Waals surface area contributed by atoms with Crippen LogP contribution >= 0.6 is 23.2 Å². The van der Waals surface area contributed by atoms with Crippen molar-refractivity contribution in [3.8, 4) is 0 Å². The number of amides is 1. The molecule has 2 aromatic carbocycles. The fraction of sp³-hybridized carbons (Fsp3) is 0.300. The lowest BCUT2D eigenvalue weighted by Gasteiger charge is -2.19. The minimum absolute atomic E-state index is 0.0779. The van der Waals surface area contributed by atoms with Crippen molar-refractivity contribution in [2.45, 2.75) is 18.6 Å². The molecule has 1 fully saturated rings. The second kappa shape index (κ2) is 9.42. The maximum absolute atomic E-state index is 14.0. The SMILES string of the molecule is CN1C[C@H](OC(=O)c2ccc(F)c(Cl)c2F)C[C@H]1CNC(=O)c1ccc(F)c(Cl)c1F. The van der Waals surface area contributed by atoms with Gasteiger partial charge in [-0.05, 0) is 31.3 Å². The molecule has 31 heavy (non-hydrogen) atoms. The van der Waals surface area contributed by atoms with E-state index < -0.39 is 62.4 Å². The molecule has 0 aliphatic carbocycles. The van der Waals surface area contributed by atoms with Crippen molar-refractivity contribution in [3.63, 3.8) is 0 Å². The standard InChI is InChI=1S/C20H16Cl2F4N2O3/c1-28-8-10(31-20(30)12-3-5-14(24)16(22)18(12)26)6-9(28)7-27-19(29)11-2-4-13(23)15(21)17(11)25/h2-5,9-10H,6-8H2,1H3,(H,27,29)/t9-,10+/m0/s1. The monoisotopic (exact) mass is 478 g/mol. The summed E-state index contributed by atoms with van der Waals surface area (Å²) < 4.78 is 59.8. The number of halogens is 6. The maximum Gasteiger partial charge on any atom is 0.341 e. The molecule has 2 aromatic rings. The predicted octanol–water partition coefficient (Wildman–Crippen LogP) is 4.21. The highest BCUT2D eigenvalue weighted by Crippen LogP contribution is 2.25. The Morgan fingerprint density at radius 1 is 1.03 bits per heavy atom. The molecule has 0 bridgehead atoms. The lowest BCUT2D eigenvalue weighted by Crippen LogP contribution is -2.38. The minimum Gasteiger partial charge on any atom is -0.457 e. The Morgan fingerprint density at radius 2 is 1.58 bits per heavy atom. The molecular formula is C20H16Cl2F4N2O3. The number of likely N-dealkylation sites (tertiary alicyclic amines) is 1. The van der Waals surface area contributed by atoms with Gasteiger partial charge in [-0.25, -0.2) is 22.4 Å². The average Bonchev–Trinajstić information content (AvgIpc) is 3.07. The summed E-state index contributed by atoms with van der Waals surface area (Å²) in [7, 11) is 1.72. The number of nitrogens with zero attached hydrogens (tertiary/aromatic N) is 1. The molecule has 0 aromatic heterocycles. The van der Waals surface area contributed by atoms with Gasteiger partial charge in [-0.3, -0.25) is 9.69 Å². The highest BCUT2D eigenvalue weighted by atomic mass is 35.5. The molecule has 1 saturated heterocycles. The van der Waals surface area contributed by atoms with E-state index in [-0.39, 0.29) is 12.6 Å². The van der Waals surface area contributed by atoms with Crippen LogP contribution in [0.3, 0.4) is 0 Å². The van der Waals surface area contributed by atoms with Crippen molar-refractivity contribution >= 4 is 35.1 Å². The van der Waals surface area contributed by atoms with Gasteiger partial charge < -0.3 is 10.1 Å². The molecule has 1 heterocycles. The van der Waals surface area contributed by atoms with Crippen LogP contribution in [0.15, 0.2) is 24.3 Å². The van der Waals surface area contributed by atoms with Crippen LogP contribution in [0.2, 0.25) is 10.0 Å². The average molecular weight is 479 g/mol. The first kappa shape index (κ1) is 23.3. The van der Waals surface area contributed by atoms with Crippen molar-refractivity contribution in [1.29, 1.82) is 0 Å². The van der Waals surface area contributed by atoms with Crippen LogP contribution in [0, 0.1) is 23.3 Å². The van der Waals surface area contributed by atoms with Crippen LogP contribution in [-0.4, -0.2) is 49.1 Å². The van der Waals surface area contributed by atoms with Crippen molar-refractivity contribution in [2.75, 3.05) is 20.1 Å². The zero-order chi connectivity index (χ0) is 22.9. The largest absolute Gasteiger partial charge is 0.457 e. The molecule has 0 spiro atoms. The van der Waals surface area contributed by atoms with Gasteiger partial charge in [-0.2, -0.15) is 0 Å². The van der Waals surface area contributed by atoms with E-state index in [4.69, 9.17) is 27.9 Å². The van der Waals surface area contributed by atoms with Gasteiger partial charge in [0.05, 0.1) is 11.1 Å². The third-order valence-corrected chi connectivity index (χ3v) is 5.65. The Hall–Kier alpha value is -2.36. The van der Waals surface area contributed by atoms with Crippen molar-refractivity contribution in [2.24, 2.45) is 0 Å². The van der Waals surface area contributed by atoms with Crippen molar-refractivity contribution < 1.29 is 31.9 Å². The van der Waals surface area contributed by atoms with Crippen LogP contribution < -0.4 is 5.32 Å². The number of hydrogen-bond acceptors (Lipinski definition) is 4. The first-order valence-electron chi connectivity index (χ1n) is 9.06. The van der Waals surface area contributed by atoms with E-state index in [0.717, 1.165) is 24.3 Å². The van der Waals surface area contributed by atoms with Gasteiger partial charge in [0.15, 0.2) is 11.6 Å². The molecule has 1 N–H and O–H groups in total. The number of likely N-dealkylation sites (N-methyl/N-ethyl adjacent to an activating group) is 1. The Balaban J connectivity index is 1.59. The van der Waals surface area contributed by atoms with E-state index >= 15 is 0 Å². The molecule has 11 heteroatoms. The number of hydrogen-bond donors (Lipinski definition) is 1. The first-order chi connectivity index (χ1) is 14.6. The van der Waals surface area contributed by atoms with Gasteiger partial charge in [0.2, 0.25) is 0 Å². The van der Waals surface area contributed by atoms with E-state index in [0.29, 0.717) is 13.0 Å². The summed E-state index contributed by atoms with van der Waals surface area (Å²) in [4.78, 5) is 26.2. The number of carbonyl (C=O) groups excluding carboxylic acids is 2. The van der Waals surface area contributed by atoms with Gasteiger partial charge in [0.25, 0.3) is 5.91 Å². The predicted molar refractivity (Wildman–Crippen MR) is 105 cm³/mol. The third kappa shape index (κ3) is 4.94.